The minimum Gasteiger partial charge on any atom is -0.491 e. The van der Waals surface area contributed by atoms with Crippen molar-refractivity contribution in [2.45, 2.75) is 31.4 Å². The van der Waals surface area contributed by atoms with Gasteiger partial charge in [-0.15, -0.1) is 0 Å². The second kappa shape index (κ2) is 8.25. The van der Waals surface area contributed by atoms with E-state index in [2.05, 4.69) is 15.4 Å². The van der Waals surface area contributed by atoms with Gasteiger partial charge in [-0.1, -0.05) is 6.08 Å². The molecule has 0 saturated heterocycles. The number of rotatable bonds is 8. The van der Waals surface area contributed by atoms with Crippen molar-refractivity contribution in [3.8, 4) is 0 Å². The Kier molecular flexibility index (Phi) is 5.28. The molecule has 4 N–H and O–H groups in total. The molecule has 2 heterocycles. The molecule has 9 nitrogen and oxygen atoms in total. The van der Waals surface area contributed by atoms with Gasteiger partial charge in [0.05, 0.1) is 29.4 Å². The van der Waals surface area contributed by atoms with Crippen LogP contribution in [0.4, 0.5) is 0 Å². The molecule has 1 saturated carbocycles. The molecule has 32 heavy (non-hydrogen) atoms. The van der Waals surface area contributed by atoms with E-state index >= 15 is 0 Å². The van der Waals surface area contributed by atoms with Gasteiger partial charge in [-0.25, -0.2) is 4.52 Å². The summed E-state index contributed by atoms with van der Waals surface area (Å²) >= 11 is 0. The Bertz CT molecular complexity index is 1250. The molecule has 2 aromatic heterocycles. The molecule has 1 fully saturated rings. The maximum atomic E-state index is 13.2. The highest BCUT2D eigenvalue weighted by Gasteiger charge is 2.26. The lowest BCUT2D eigenvalue weighted by Gasteiger charge is -2.17. The number of allylic oxidation sites excluding steroid dienone is 3. The zero-order valence-electron chi connectivity index (χ0n) is 17.3. The summed E-state index contributed by atoms with van der Waals surface area (Å²) in [6.45, 7) is -0.442. The molecule has 2 atom stereocenters. The lowest BCUT2D eigenvalue weighted by molar-refractivity contribution is 0.0322. The third-order valence-corrected chi connectivity index (χ3v) is 5.72. The lowest BCUT2D eigenvalue weighted by Crippen LogP contribution is -2.25. The number of benzene rings is 1. The summed E-state index contributed by atoms with van der Waals surface area (Å²) in [7, 11) is 0. The largest absolute Gasteiger partial charge is 0.491 e. The number of hydrogen-bond acceptors (Lipinski definition) is 6. The van der Waals surface area contributed by atoms with Crippen molar-refractivity contribution in [1.82, 2.24) is 19.9 Å². The number of aliphatic hydroxyl groups is 2. The number of nitrogens with one attached hydrogen (secondary N) is 2. The Morgan fingerprint density at radius 1 is 1.34 bits per heavy atom. The Hall–Kier alpha value is -3.43. The van der Waals surface area contributed by atoms with Crippen molar-refractivity contribution in [2.75, 3.05) is 13.2 Å². The molecule has 0 aliphatic heterocycles. The number of Topliss-reactive ketones (excluding diaryl/α,β-unsaturated/α-hetero) is 1. The van der Waals surface area contributed by atoms with Crippen molar-refractivity contribution in [3.05, 3.63) is 59.5 Å². The van der Waals surface area contributed by atoms with Crippen LogP contribution >= 0.6 is 0 Å². The average Bonchev–Trinajstić information content (AvgIpc) is 3.42. The van der Waals surface area contributed by atoms with Crippen LogP contribution in [0.1, 0.15) is 40.0 Å². The fourth-order valence-electron chi connectivity index (χ4n) is 3.79. The number of hydrogen-bond donors (Lipinski definition) is 4. The third-order valence-electron chi connectivity index (χ3n) is 5.72. The summed E-state index contributed by atoms with van der Waals surface area (Å²) in [5, 5.41) is 25.8. The van der Waals surface area contributed by atoms with E-state index in [0.29, 0.717) is 29.0 Å². The Balaban J connectivity index is 1.40. The molecule has 2 aliphatic rings. The second-order valence-corrected chi connectivity index (χ2v) is 8.25. The molecule has 3 aromatic rings. The van der Waals surface area contributed by atoms with Gasteiger partial charge in [-0.05, 0) is 49.6 Å². The van der Waals surface area contributed by atoms with Crippen LogP contribution in [0.15, 0.2) is 48.4 Å². The first-order valence-electron chi connectivity index (χ1n) is 10.7. The summed E-state index contributed by atoms with van der Waals surface area (Å²) in [6, 6.07) is 5.63. The van der Waals surface area contributed by atoms with Gasteiger partial charge in [0.25, 0.3) is 5.91 Å². The first-order valence-corrected chi connectivity index (χ1v) is 10.7. The fraction of sp³-hybridized carbons (Fsp3) is 0.348. The van der Waals surface area contributed by atoms with Crippen LogP contribution in [0.5, 0.6) is 0 Å². The van der Waals surface area contributed by atoms with E-state index in [9.17, 15) is 14.7 Å². The molecule has 0 radical (unpaired) electrons. The van der Waals surface area contributed by atoms with Gasteiger partial charge in [0.15, 0.2) is 5.78 Å². The maximum Gasteiger partial charge on any atom is 0.251 e. The van der Waals surface area contributed by atoms with Gasteiger partial charge in [-0.3, -0.25) is 9.59 Å². The topological polar surface area (TPSA) is 129 Å². The van der Waals surface area contributed by atoms with Gasteiger partial charge in [0, 0.05) is 17.5 Å². The molecule has 5 rings (SSSR count). The van der Waals surface area contributed by atoms with Crippen molar-refractivity contribution < 1.29 is 24.5 Å². The molecule has 9 heteroatoms. The summed E-state index contributed by atoms with van der Waals surface area (Å²) in [5.41, 5.74) is 3.10. The zero-order chi connectivity index (χ0) is 22.2. The number of H-pyrrole nitrogens is 1. The van der Waals surface area contributed by atoms with E-state index in [1.807, 2.05) is 12.1 Å². The summed E-state index contributed by atoms with van der Waals surface area (Å²) in [5.74, 6) is -0.161. The van der Waals surface area contributed by atoms with Gasteiger partial charge in [0.2, 0.25) is 0 Å². The minimum atomic E-state index is -0.974. The smallest absolute Gasteiger partial charge is 0.251 e. The third kappa shape index (κ3) is 3.92. The number of imidazole rings is 1. The van der Waals surface area contributed by atoms with Crippen LogP contribution in [0.25, 0.3) is 16.7 Å². The summed E-state index contributed by atoms with van der Waals surface area (Å²) in [6.07, 6.45) is 8.44. The van der Waals surface area contributed by atoms with E-state index in [1.54, 1.807) is 28.8 Å². The molecular weight excluding hydrogens is 412 g/mol. The molecule has 0 spiro atoms. The van der Waals surface area contributed by atoms with Crippen LogP contribution < -0.4 is 5.32 Å². The monoisotopic (exact) mass is 436 g/mol. The van der Waals surface area contributed by atoms with Crippen LogP contribution in [0, 0.1) is 5.92 Å². The van der Waals surface area contributed by atoms with Crippen LogP contribution in [-0.4, -0.2) is 61.9 Å². The van der Waals surface area contributed by atoms with Gasteiger partial charge in [-0.2, -0.15) is 5.10 Å². The lowest BCUT2D eigenvalue weighted by atomic mass is 9.92. The van der Waals surface area contributed by atoms with Gasteiger partial charge >= 0.3 is 0 Å². The molecule has 166 valence electrons. The normalized spacial score (nSPS) is 19.2. The number of aromatic nitrogens is 3. The number of carbonyl (C=O) groups excluding carboxylic acids is 2. The van der Waals surface area contributed by atoms with Crippen molar-refractivity contribution in [2.24, 2.45) is 5.92 Å². The summed E-state index contributed by atoms with van der Waals surface area (Å²) in [4.78, 5) is 28.9. The Morgan fingerprint density at radius 2 is 2.19 bits per heavy atom. The standard InChI is InChI=1S/C23H24N4O5/c28-11-16(29)12-32-17-3-1-2-13(8-17)21(30)18-10-24-27-20-9-14(23(31)25-15-5-6-15)4-7-19(20)26-22(18)27/h1,3-4,7-10,13,15-16,26,28-29H,2,5-6,11-12H2,(H,25,31). The number of aromatic amines is 1. The predicted molar refractivity (Wildman–Crippen MR) is 116 cm³/mol. The number of nitrogens with zero attached hydrogens (tertiary/aromatic N) is 2. The highest BCUT2D eigenvalue weighted by atomic mass is 16.5. The number of fused-ring (bicyclic) bond motifs is 3. The second-order valence-electron chi connectivity index (χ2n) is 8.25. The first kappa shape index (κ1) is 20.5. The van der Waals surface area contributed by atoms with Crippen molar-refractivity contribution >= 4 is 28.4 Å². The van der Waals surface area contributed by atoms with Crippen LogP contribution in [0.2, 0.25) is 0 Å². The first-order chi connectivity index (χ1) is 15.5. The average molecular weight is 436 g/mol. The molecule has 1 aromatic carbocycles. The molecule has 2 unspecified atom stereocenters. The van der Waals surface area contributed by atoms with E-state index in [1.165, 1.54) is 6.20 Å². The number of ether oxygens (including phenoxy) is 1. The molecule has 0 bridgehead atoms. The van der Waals surface area contributed by atoms with E-state index in [0.717, 1.165) is 23.9 Å². The predicted octanol–water partition coefficient (Wildman–Crippen LogP) is 1.72. The number of aliphatic hydroxyl groups excluding tert-OH is 2. The highest BCUT2D eigenvalue weighted by Crippen LogP contribution is 2.26. The van der Waals surface area contributed by atoms with Crippen molar-refractivity contribution in [3.63, 3.8) is 0 Å². The van der Waals surface area contributed by atoms with Crippen molar-refractivity contribution in [1.29, 1.82) is 0 Å². The fourth-order valence-corrected chi connectivity index (χ4v) is 3.79. The summed E-state index contributed by atoms with van der Waals surface area (Å²) < 4.78 is 7.13. The van der Waals surface area contributed by atoms with Gasteiger partial charge in [0.1, 0.15) is 24.1 Å². The maximum absolute atomic E-state index is 13.2. The van der Waals surface area contributed by atoms with E-state index < -0.39 is 18.6 Å². The van der Waals surface area contributed by atoms with Crippen LogP contribution in [-0.2, 0) is 4.74 Å². The zero-order valence-corrected chi connectivity index (χ0v) is 17.3. The quantitative estimate of drug-likeness (QED) is 0.398. The highest BCUT2D eigenvalue weighted by molar-refractivity contribution is 6.05. The Morgan fingerprint density at radius 3 is 2.97 bits per heavy atom. The van der Waals surface area contributed by atoms with Gasteiger partial charge < -0.3 is 25.3 Å². The minimum absolute atomic E-state index is 0.0513. The van der Waals surface area contributed by atoms with Crippen LogP contribution in [0.3, 0.4) is 0 Å². The molecule has 2 aliphatic carbocycles. The number of carbonyl (C=O) groups is 2. The molecular formula is C23H24N4O5. The Labute approximate surface area is 183 Å². The van der Waals surface area contributed by atoms with E-state index in [-0.39, 0.29) is 24.3 Å². The van der Waals surface area contributed by atoms with E-state index in [4.69, 9.17) is 9.84 Å². The SMILES string of the molecule is O=C(NC1CC1)c1ccc2[nH]c3c(C(=O)C4C=C(OCC(O)CO)C=CC4)cnn3c2c1. The number of amides is 1. The number of ketones is 1. The molecule has 1 amide bonds.